The Morgan fingerprint density at radius 1 is 1.07 bits per heavy atom. The number of piperidine rings is 1. The second-order valence-electron chi connectivity index (χ2n) is 8.86. The fraction of sp³-hybridized carbons (Fsp3) is 0.542. The number of fused-ring (bicyclic) bond motifs is 1. The van der Waals surface area contributed by atoms with Crippen LogP contribution in [0.25, 0.3) is 11.4 Å². The van der Waals surface area contributed by atoms with Crippen LogP contribution in [0, 0.1) is 5.92 Å². The van der Waals surface area contributed by atoms with Crippen LogP contribution < -0.4 is 4.90 Å². The lowest BCUT2D eigenvalue weighted by molar-refractivity contribution is -0.134. The first kappa shape index (κ1) is 20.8. The summed E-state index contributed by atoms with van der Waals surface area (Å²) in [6.07, 6.45) is 5.18. The summed E-state index contributed by atoms with van der Waals surface area (Å²) in [4.78, 5) is 29.3. The minimum Gasteiger partial charge on any atom is -0.355 e. The Morgan fingerprint density at radius 3 is 2.63 bits per heavy atom. The molecule has 2 aromatic rings. The van der Waals surface area contributed by atoms with Gasteiger partial charge in [-0.3, -0.25) is 4.79 Å². The van der Waals surface area contributed by atoms with Gasteiger partial charge in [-0.1, -0.05) is 30.3 Å². The standard InChI is InChI=1S/C24H33N5O/c1-27(2)15-16-28(3)24(30)19-11-8-14-29(17-19)23-20-12-7-13-21(20)25-22(26-23)18-9-5-4-6-10-18/h4-6,9-10,19H,7-8,11-17H2,1-3H3. The number of hydrogen-bond acceptors (Lipinski definition) is 5. The third kappa shape index (κ3) is 4.48. The molecule has 1 fully saturated rings. The highest BCUT2D eigenvalue weighted by Gasteiger charge is 2.31. The van der Waals surface area contributed by atoms with Gasteiger partial charge in [0.1, 0.15) is 5.82 Å². The van der Waals surface area contributed by atoms with Crippen molar-refractivity contribution >= 4 is 11.7 Å². The van der Waals surface area contributed by atoms with Crippen molar-refractivity contribution in [1.29, 1.82) is 0 Å². The maximum absolute atomic E-state index is 13.1. The quantitative estimate of drug-likeness (QED) is 0.737. The summed E-state index contributed by atoms with van der Waals surface area (Å²) in [6, 6.07) is 10.2. The highest BCUT2D eigenvalue weighted by molar-refractivity contribution is 5.79. The van der Waals surface area contributed by atoms with Crippen LogP contribution in [0.3, 0.4) is 0 Å². The number of likely N-dealkylation sites (N-methyl/N-ethyl adjacent to an activating group) is 2. The number of rotatable bonds is 6. The van der Waals surface area contributed by atoms with Gasteiger partial charge in [-0.15, -0.1) is 0 Å². The van der Waals surface area contributed by atoms with E-state index in [0.717, 1.165) is 75.5 Å². The maximum atomic E-state index is 13.1. The highest BCUT2D eigenvalue weighted by atomic mass is 16.2. The van der Waals surface area contributed by atoms with E-state index in [-0.39, 0.29) is 11.8 Å². The summed E-state index contributed by atoms with van der Waals surface area (Å²) in [5, 5.41) is 0. The van der Waals surface area contributed by atoms with Crippen molar-refractivity contribution < 1.29 is 4.79 Å². The van der Waals surface area contributed by atoms with Crippen LogP contribution in [-0.2, 0) is 17.6 Å². The number of carbonyl (C=O) groups excluding carboxylic acids is 1. The molecule has 1 aromatic heterocycles. The van der Waals surface area contributed by atoms with Crippen molar-refractivity contribution in [3.8, 4) is 11.4 Å². The molecule has 1 saturated heterocycles. The maximum Gasteiger partial charge on any atom is 0.227 e. The summed E-state index contributed by atoms with van der Waals surface area (Å²) >= 11 is 0. The van der Waals surface area contributed by atoms with Crippen molar-refractivity contribution in [2.24, 2.45) is 5.92 Å². The van der Waals surface area contributed by atoms with E-state index in [1.165, 1.54) is 11.3 Å². The van der Waals surface area contributed by atoms with E-state index in [0.29, 0.717) is 0 Å². The number of amides is 1. The molecule has 2 aliphatic rings. The van der Waals surface area contributed by atoms with E-state index in [2.05, 4.69) is 21.9 Å². The monoisotopic (exact) mass is 407 g/mol. The van der Waals surface area contributed by atoms with Gasteiger partial charge in [-0.2, -0.15) is 0 Å². The van der Waals surface area contributed by atoms with Crippen molar-refractivity contribution in [2.75, 3.05) is 52.2 Å². The first-order chi connectivity index (χ1) is 14.5. The summed E-state index contributed by atoms with van der Waals surface area (Å²) in [6.45, 7) is 3.37. The number of aromatic nitrogens is 2. The molecule has 0 radical (unpaired) electrons. The fourth-order valence-electron chi connectivity index (χ4n) is 4.53. The zero-order valence-corrected chi connectivity index (χ0v) is 18.5. The van der Waals surface area contributed by atoms with Crippen molar-refractivity contribution in [3.63, 3.8) is 0 Å². The van der Waals surface area contributed by atoms with E-state index < -0.39 is 0 Å². The molecule has 0 spiro atoms. The van der Waals surface area contributed by atoms with Gasteiger partial charge >= 0.3 is 0 Å². The number of anilines is 1. The van der Waals surface area contributed by atoms with Crippen LogP contribution in [0.15, 0.2) is 30.3 Å². The van der Waals surface area contributed by atoms with Gasteiger partial charge < -0.3 is 14.7 Å². The molecule has 1 atom stereocenters. The Morgan fingerprint density at radius 2 is 1.87 bits per heavy atom. The lowest BCUT2D eigenvalue weighted by Crippen LogP contribution is -2.45. The summed E-state index contributed by atoms with van der Waals surface area (Å²) in [5.41, 5.74) is 3.54. The lowest BCUT2D eigenvalue weighted by Gasteiger charge is -2.35. The molecule has 1 amide bonds. The molecule has 1 aromatic carbocycles. The Balaban J connectivity index is 1.56. The first-order valence-corrected chi connectivity index (χ1v) is 11.1. The lowest BCUT2D eigenvalue weighted by atomic mass is 9.96. The Hall–Kier alpha value is -2.47. The molecule has 1 aliphatic carbocycles. The van der Waals surface area contributed by atoms with E-state index in [9.17, 15) is 4.79 Å². The van der Waals surface area contributed by atoms with Gasteiger partial charge in [0.15, 0.2) is 5.82 Å². The van der Waals surface area contributed by atoms with E-state index in [1.807, 2.05) is 44.2 Å². The number of nitrogens with zero attached hydrogens (tertiary/aromatic N) is 5. The SMILES string of the molecule is CN(C)CCN(C)C(=O)C1CCCN(c2nc(-c3ccccc3)nc3c2CCC3)C1. The van der Waals surface area contributed by atoms with Crippen molar-refractivity contribution in [1.82, 2.24) is 19.8 Å². The van der Waals surface area contributed by atoms with Gasteiger partial charge in [-0.05, 0) is 46.2 Å². The molecule has 1 unspecified atom stereocenters. The van der Waals surface area contributed by atoms with Gasteiger partial charge in [0.05, 0.1) is 5.92 Å². The Kier molecular flexibility index (Phi) is 6.32. The molecular weight excluding hydrogens is 374 g/mol. The third-order valence-electron chi connectivity index (χ3n) is 6.27. The third-order valence-corrected chi connectivity index (χ3v) is 6.27. The highest BCUT2D eigenvalue weighted by Crippen LogP contribution is 2.33. The molecule has 0 saturated carbocycles. The topological polar surface area (TPSA) is 52.6 Å². The van der Waals surface area contributed by atoms with Gasteiger partial charge in [-0.25, -0.2) is 9.97 Å². The van der Waals surface area contributed by atoms with Crippen LogP contribution >= 0.6 is 0 Å². The van der Waals surface area contributed by atoms with Crippen LogP contribution in [0.2, 0.25) is 0 Å². The molecular formula is C24H33N5O. The molecule has 6 nitrogen and oxygen atoms in total. The molecule has 160 valence electrons. The first-order valence-electron chi connectivity index (χ1n) is 11.1. The zero-order chi connectivity index (χ0) is 21.1. The molecule has 4 rings (SSSR count). The van der Waals surface area contributed by atoms with Crippen LogP contribution in [-0.4, -0.2) is 73.0 Å². The molecule has 0 bridgehead atoms. The summed E-state index contributed by atoms with van der Waals surface area (Å²) in [7, 11) is 6.02. The minimum absolute atomic E-state index is 0.0399. The largest absolute Gasteiger partial charge is 0.355 e. The number of aryl methyl sites for hydroxylation is 1. The molecule has 0 N–H and O–H groups in total. The van der Waals surface area contributed by atoms with Crippen molar-refractivity contribution in [2.45, 2.75) is 32.1 Å². The predicted octanol–water partition coefficient (Wildman–Crippen LogP) is 2.87. The van der Waals surface area contributed by atoms with E-state index in [4.69, 9.17) is 9.97 Å². The van der Waals surface area contributed by atoms with Gasteiger partial charge in [0.25, 0.3) is 0 Å². The van der Waals surface area contributed by atoms with E-state index >= 15 is 0 Å². The summed E-state index contributed by atoms with van der Waals surface area (Å²) < 4.78 is 0. The molecule has 1 aliphatic heterocycles. The fourth-order valence-corrected chi connectivity index (χ4v) is 4.53. The smallest absolute Gasteiger partial charge is 0.227 e. The second-order valence-corrected chi connectivity index (χ2v) is 8.86. The number of carbonyl (C=O) groups is 1. The Bertz CT molecular complexity index is 883. The summed E-state index contributed by atoms with van der Waals surface area (Å²) in [5.74, 6) is 2.17. The van der Waals surface area contributed by atoms with Gasteiger partial charge in [0.2, 0.25) is 5.91 Å². The van der Waals surface area contributed by atoms with Crippen LogP contribution in [0.4, 0.5) is 5.82 Å². The average Bonchev–Trinajstić information content (AvgIpc) is 3.25. The number of benzene rings is 1. The van der Waals surface area contributed by atoms with E-state index in [1.54, 1.807) is 0 Å². The predicted molar refractivity (Wildman–Crippen MR) is 121 cm³/mol. The van der Waals surface area contributed by atoms with Crippen molar-refractivity contribution in [3.05, 3.63) is 41.6 Å². The van der Waals surface area contributed by atoms with Crippen LogP contribution in [0.1, 0.15) is 30.5 Å². The molecule has 2 heterocycles. The van der Waals surface area contributed by atoms with Gasteiger partial charge in [0, 0.05) is 50.0 Å². The average molecular weight is 408 g/mol. The minimum atomic E-state index is 0.0399. The second kappa shape index (κ2) is 9.13. The zero-order valence-electron chi connectivity index (χ0n) is 18.5. The molecule has 6 heteroatoms. The number of hydrogen-bond donors (Lipinski definition) is 0. The Labute approximate surface area is 179 Å². The van der Waals surface area contributed by atoms with Crippen LogP contribution in [0.5, 0.6) is 0 Å². The molecule has 30 heavy (non-hydrogen) atoms. The normalized spacial score (nSPS) is 18.5.